The van der Waals surface area contributed by atoms with Gasteiger partial charge in [0, 0.05) is 0 Å². The molecule has 1 nitrogen and oxygen atoms in total. The van der Waals surface area contributed by atoms with Crippen LogP contribution in [0.2, 0.25) is 0 Å². The molecule has 0 aromatic heterocycles. The number of hydrogen-bond acceptors (Lipinski definition) is 1. The van der Waals surface area contributed by atoms with Crippen LogP contribution in [0.15, 0.2) is 0 Å². The molecule has 0 aromatic carbocycles. The van der Waals surface area contributed by atoms with Crippen LogP contribution in [0, 0.1) is 17.8 Å². The minimum absolute atomic E-state index is 0.349. The monoisotopic (exact) mass is 213 g/mol. The van der Waals surface area contributed by atoms with E-state index in [9.17, 15) is 4.39 Å². The highest BCUT2D eigenvalue weighted by atomic mass is 19.1. The van der Waals surface area contributed by atoms with E-state index >= 15 is 0 Å². The lowest BCUT2D eigenvalue weighted by molar-refractivity contribution is 0.0856. The van der Waals surface area contributed by atoms with Crippen LogP contribution in [0.4, 0.5) is 4.39 Å². The van der Waals surface area contributed by atoms with Crippen molar-refractivity contribution >= 4 is 0 Å². The van der Waals surface area contributed by atoms with E-state index in [1.165, 1.54) is 12.8 Å². The molecule has 0 radical (unpaired) electrons. The van der Waals surface area contributed by atoms with Crippen LogP contribution >= 0.6 is 0 Å². The normalized spacial score (nSPS) is 36.4. The Morgan fingerprint density at radius 1 is 1.07 bits per heavy atom. The van der Waals surface area contributed by atoms with Crippen LogP contribution in [0.1, 0.15) is 45.4 Å². The highest BCUT2D eigenvalue weighted by molar-refractivity contribution is 4.83. The minimum Gasteiger partial charge on any atom is -0.317 e. The molecule has 0 amide bonds. The van der Waals surface area contributed by atoms with Crippen LogP contribution in [-0.2, 0) is 0 Å². The Labute approximate surface area is 92.8 Å². The summed E-state index contributed by atoms with van der Waals surface area (Å²) in [6.07, 6.45) is 6.40. The van der Waals surface area contributed by atoms with Gasteiger partial charge >= 0.3 is 0 Å². The van der Waals surface area contributed by atoms with Gasteiger partial charge in [-0.3, -0.25) is 0 Å². The van der Waals surface area contributed by atoms with E-state index in [-0.39, 0.29) is 0 Å². The Balaban J connectivity index is 1.85. The predicted octanol–water partition coefficient (Wildman–Crippen LogP) is 3.15. The first-order chi connectivity index (χ1) is 7.27. The van der Waals surface area contributed by atoms with E-state index < -0.39 is 6.17 Å². The number of rotatable bonds is 2. The lowest BCUT2D eigenvalue weighted by Gasteiger charge is -2.35. The number of nitrogens with one attached hydrogen (secondary N) is 1. The maximum absolute atomic E-state index is 14.3. The smallest absolute Gasteiger partial charge is 0.106 e. The maximum Gasteiger partial charge on any atom is 0.106 e. The summed E-state index contributed by atoms with van der Waals surface area (Å²) in [6, 6.07) is 0. The third-order valence-electron chi connectivity index (χ3n) is 4.26. The average molecular weight is 213 g/mol. The zero-order valence-corrected chi connectivity index (χ0v) is 9.84. The summed E-state index contributed by atoms with van der Waals surface area (Å²) in [5, 5.41) is 3.31. The third-order valence-corrected chi connectivity index (χ3v) is 4.26. The van der Waals surface area contributed by atoms with Crippen LogP contribution in [0.25, 0.3) is 0 Å². The first kappa shape index (κ1) is 11.4. The molecule has 0 spiro atoms. The fraction of sp³-hybridized carbons (Fsp3) is 1.00. The molecule has 3 unspecified atom stereocenters. The Morgan fingerprint density at radius 2 is 1.80 bits per heavy atom. The van der Waals surface area contributed by atoms with E-state index in [0.29, 0.717) is 11.8 Å². The largest absolute Gasteiger partial charge is 0.317 e. The van der Waals surface area contributed by atoms with Crippen molar-refractivity contribution in [3.63, 3.8) is 0 Å². The van der Waals surface area contributed by atoms with Gasteiger partial charge in [-0.15, -0.1) is 0 Å². The van der Waals surface area contributed by atoms with Gasteiger partial charge in [0.15, 0.2) is 0 Å². The van der Waals surface area contributed by atoms with Gasteiger partial charge in [-0.25, -0.2) is 4.39 Å². The first-order valence-corrected chi connectivity index (χ1v) is 6.62. The molecule has 88 valence electrons. The molecule has 1 aliphatic heterocycles. The second-order valence-corrected chi connectivity index (χ2v) is 5.56. The van der Waals surface area contributed by atoms with E-state index in [4.69, 9.17) is 0 Å². The summed E-state index contributed by atoms with van der Waals surface area (Å²) in [5.41, 5.74) is 0. The molecule has 15 heavy (non-hydrogen) atoms. The van der Waals surface area contributed by atoms with E-state index in [1.54, 1.807) is 0 Å². The molecule has 3 atom stereocenters. The van der Waals surface area contributed by atoms with Crippen LogP contribution in [-0.4, -0.2) is 19.3 Å². The summed E-state index contributed by atoms with van der Waals surface area (Å²) >= 11 is 0. The predicted molar refractivity (Wildman–Crippen MR) is 61.6 cm³/mol. The van der Waals surface area contributed by atoms with Gasteiger partial charge in [0.1, 0.15) is 6.17 Å². The number of piperidine rings is 1. The third kappa shape index (κ3) is 2.93. The van der Waals surface area contributed by atoms with Crippen molar-refractivity contribution in [2.24, 2.45) is 17.8 Å². The molecule has 2 rings (SSSR count). The van der Waals surface area contributed by atoms with Crippen LogP contribution in [0.3, 0.4) is 0 Å². The molecule has 2 fully saturated rings. The van der Waals surface area contributed by atoms with Crippen LogP contribution < -0.4 is 5.32 Å². The van der Waals surface area contributed by atoms with Gasteiger partial charge in [0.25, 0.3) is 0 Å². The summed E-state index contributed by atoms with van der Waals surface area (Å²) in [7, 11) is 0. The lowest BCUT2D eigenvalue weighted by Crippen LogP contribution is -2.36. The highest BCUT2D eigenvalue weighted by Crippen LogP contribution is 2.36. The van der Waals surface area contributed by atoms with Gasteiger partial charge in [0.2, 0.25) is 0 Å². The SMILES string of the molecule is CC1CCCC(C(F)C2CCNCC2)C1. The topological polar surface area (TPSA) is 12.0 Å². The van der Waals surface area contributed by atoms with E-state index in [0.717, 1.165) is 44.7 Å². The van der Waals surface area contributed by atoms with E-state index in [2.05, 4.69) is 12.2 Å². The zero-order valence-electron chi connectivity index (χ0n) is 9.84. The quantitative estimate of drug-likeness (QED) is 0.743. The van der Waals surface area contributed by atoms with Gasteiger partial charge in [0.05, 0.1) is 0 Å². The molecule has 1 saturated heterocycles. The van der Waals surface area contributed by atoms with Gasteiger partial charge in [-0.2, -0.15) is 0 Å². The summed E-state index contributed by atoms with van der Waals surface area (Å²) in [4.78, 5) is 0. The molecular weight excluding hydrogens is 189 g/mol. The average Bonchev–Trinajstić information content (AvgIpc) is 2.29. The molecule has 2 aliphatic rings. The minimum atomic E-state index is -0.519. The van der Waals surface area contributed by atoms with E-state index in [1.807, 2.05) is 0 Å². The molecule has 1 saturated carbocycles. The van der Waals surface area contributed by atoms with Crippen molar-refractivity contribution in [2.75, 3.05) is 13.1 Å². The van der Waals surface area contributed by atoms with Crippen molar-refractivity contribution in [2.45, 2.75) is 51.6 Å². The summed E-state index contributed by atoms with van der Waals surface area (Å²) in [5.74, 6) is 1.47. The van der Waals surface area contributed by atoms with Crippen molar-refractivity contribution in [1.82, 2.24) is 5.32 Å². The molecule has 0 aromatic rings. The Bertz CT molecular complexity index is 189. The number of alkyl halides is 1. The molecular formula is C13H24FN. The van der Waals surface area contributed by atoms with Crippen molar-refractivity contribution < 1.29 is 4.39 Å². The standard InChI is InChI=1S/C13H24FN/c1-10-3-2-4-12(9-10)13(14)11-5-7-15-8-6-11/h10-13,15H,2-9H2,1H3. The highest BCUT2D eigenvalue weighted by Gasteiger charge is 2.32. The second-order valence-electron chi connectivity index (χ2n) is 5.56. The van der Waals surface area contributed by atoms with Crippen molar-refractivity contribution in [3.05, 3.63) is 0 Å². The molecule has 0 bridgehead atoms. The molecule has 1 heterocycles. The summed E-state index contributed by atoms with van der Waals surface area (Å²) in [6.45, 7) is 4.32. The lowest BCUT2D eigenvalue weighted by atomic mass is 9.75. The van der Waals surface area contributed by atoms with Crippen molar-refractivity contribution in [3.8, 4) is 0 Å². The fourth-order valence-corrected chi connectivity index (χ4v) is 3.32. The van der Waals surface area contributed by atoms with Crippen LogP contribution in [0.5, 0.6) is 0 Å². The molecule has 1 aliphatic carbocycles. The summed E-state index contributed by atoms with van der Waals surface area (Å²) < 4.78 is 14.3. The van der Waals surface area contributed by atoms with Gasteiger partial charge in [-0.05, 0) is 56.5 Å². The Hall–Kier alpha value is -0.110. The first-order valence-electron chi connectivity index (χ1n) is 6.62. The number of halogens is 1. The second kappa shape index (κ2) is 5.29. The maximum atomic E-state index is 14.3. The number of hydrogen-bond donors (Lipinski definition) is 1. The fourth-order valence-electron chi connectivity index (χ4n) is 3.32. The Morgan fingerprint density at radius 3 is 2.47 bits per heavy atom. The van der Waals surface area contributed by atoms with Gasteiger partial charge in [-0.1, -0.05) is 19.8 Å². The van der Waals surface area contributed by atoms with Gasteiger partial charge < -0.3 is 5.32 Å². The van der Waals surface area contributed by atoms with Crippen molar-refractivity contribution in [1.29, 1.82) is 0 Å². The zero-order chi connectivity index (χ0) is 10.7. The molecule has 1 N–H and O–H groups in total. The molecule has 2 heteroatoms. The Kier molecular flexibility index (Phi) is 4.01.